The molecule has 1 aromatic rings. The minimum atomic E-state index is -3.71. The third-order valence-corrected chi connectivity index (χ3v) is 3.55. The highest BCUT2D eigenvalue weighted by molar-refractivity contribution is 7.86. The van der Waals surface area contributed by atoms with Gasteiger partial charge in [-0.15, -0.1) is 5.10 Å². The van der Waals surface area contributed by atoms with Crippen LogP contribution in [-0.2, 0) is 17.2 Å². The van der Waals surface area contributed by atoms with Crippen LogP contribution in [0.3, 0.4) is 0 Å². The molecule has 22 heavy (non-hydrogen) atoms. The van der Waals surface area contributed by atoms with E-state index >= 15 is 0 Å². The molecule has 0 saturated heterocycles. The number of unbranched alkanes of at least 4 members (excludes halogenated alkanes) is 5. The molecule has 0 aliphatic rings. The highest BCUT2D eigenvalue weighted by Crippen LogP contribution is 2.17. The summed E-state index contributed by atoms with van der Waals surface area (Å²) in [6.07, 6.45) is 9.17. The Morgan fingerprint density at radius 3 is 2.55 bits per heavy atom. The summed E-state index contributed by atoms with van der Waals surface area (Å²) in [4.78, 5) is 12.1. The van der Waals surface area contributed by atoms with E-state index in [0.717, 1.165) is 19.1 Å². The van der Waals surface area contributed by atoms with Crippen molar-refractivity contribution in [3.8, 4) is 5.88 Å². The second-order valence-corrected chi connectivity index (χ2v) is 6.91. The van der Waals surface area contributed by atoms with Crippen LogP contribution in [0.4, 0.5) is 0 Å². The number of hydrogen-bond donors (Lipinski definition) is 1. The molecule has 0 atom stereocenters. The van der Waals surface area contributed by atoms with Gasteiger partial charge in [-0.05, 0) is 6.42 Å². The molecule has 1 N–H and O–H groups in total. The van der Waals surface area contributed by atoms with Crippen molar-refractivity contribution in [2.75, 3.05) is 12.8 Å². The predicted molar refractivity (Wildman–Crippen MR) is 84.4 cm³/mol. The first-order valence-corrected chi connectivity index (χ1v) is 9.36. The maximum atomic E-state index is 12.1. The monoisotopic (exact) mass is 331 g/mol. The van der Waals surface area contributed by atoms with E-state index in [2.05, 4.69) is 17.3 Å². The van der Waals surface area contributed by atoms with E-state index < -0.39 is 10.1 Å². The van der Waals surface area contributed by atoms with Crippen LogP contribution < -0.4 is 9.50 Å². The predicted octanol–water partition coefficient (Wildman–Crippen LogP) is 1.85. The van der Waals surface area contributed by atoms with E-state index in [1.54, 1.807) is 7.05 Å². The molecule has 0 spiro atoms. The summed E-state index contributed by atoms with van der Waals surface area (Å²) in [5.41, 5.74) is 0.124. The van der Waals surface area contributed by atoms with Crippen molar-refractivity contribution < 1.29 is 17.4 Å². The number of hydrogen-bond acceptors (Lipinski definition) is 5. The Bertz CT molecular complexity index is 581. The summed E-state index contributed by atoms with van der Waals surface area (Å²) < 4.78 is 28.4. The third kappa shape index (κ3) is 6.93. The summed E-state index contributed by atoms with van der Waals surface area (Å²) in [5, 5.41) is 6.61. The van der Waals surface area contributed by atoms with E-state index in [1.165, 1.54) is 36.6 Å². The summed E-state index contributed by atoms with van der Waals surface area (Å²) in [6, 6.07) is 0. The summed E-state index contributed by atoms with van der Waals surface area (Å²) in [6.45, 7) is 2.72. The first-order chi connectivity index (χ1) is 10.3. The average molecular weight is 331 g/mol. The number of nitrogens with zero attached hydrogens (tertiary/aromatic N) is 2. The van der Waals surface area contributed by atoms with Crippen molar-refractivity contribution >= 4 is 16.0 Å². The van der Waals surface area contributed by atoms with Gasteiger partial charge in [0, 0.05) is 19.8 Å². The Morgan fingerprint density at radius 1 is 1.27 bits per heavy atom. The Balaban J connectivity index is 2.45. The molecule has 1 rings (SSSR count). The maximum absolute atomic E-state index is 12.1. The quantitative estimate of drug-likeness (QED) is 0.522. The van der Waals surface area contributed by atoms with Crippen LogP contribution in [0.5, 0.6) is 5.88 Å². The molecule has 0 fully saturated rings. The molecule has 1 aromatic heterocycles. The van der Waals surface area contributed by atoms with Gasteiger partial charge in [0.1, 0.15) is 5.56 Å². The zero-order valence-corrected chi connectivity index (χ0v) is 14.3. The zero-order valence-electron chi connectivity index (χ0n) is 13.5. The lowest BCUT2D eigenvalue weighted by Gasteiger charge is -2.05. The van der Waals surface area contributed by atoms with E-state index in [-0.39, 0.29) is 17.4 Å². The van der Waals surface area contributed by atoms with E-state index in [0.29, 0.717) is 6.54 Å². The molecule has 8 heteroatoms. The summed E-state index contributed by atoms with van der Waals surface area (Å²) >= 11 is 0. The van der Waals surface area contributed by atoms with E-state index in [1.807, 2.05) is 0 Å². The highest BCUT2D eigenvalue weighted by atomic mass is 32.2. The smallest absolute Gasteiger partial charge is 0.307 e. The van der Waals surface area contributed by atoms with Crippen LogP contribution in [0.15, 0.2) is 6.20 Å². The maximum Gasteiger partial charge on any atom is 0.307 e. The van der Waals surface area contributed by atoms with Crippen LogP contribution in [0, 0.1) is 0 Å². The fraction of sp³-hybridized carbons (Fsp3) is 0.714. The fourth-order valence-corrected chi connectivity index (χ4v) is 2.44. The van der Waals surface area contributed by atoms with Gasteiger partial charge >= 0.3 is 10.1 Å². The fourth-order valence-electron chi connectivity index (χ4n) is 2.03. The Hall–Kier alpha value is -1.57. The minimum Gasteiger partial charge on any atom is -0.359 e. The SMILES string of the molecule is CCCCCCCCNC(=O)c1cn(C)nc1OS(C)(=O)=O. The van der Waals surface area contributed by atoms with Crippen LogP contribution in [0.2, 0.25) is 0 Å². The summed E-state index contributed by atoms with van der Waals surface area (Å²) in [7, 11) is -2.12. The van der Waals surface area contributed by atoms with Crippen molar-refractivity contribution in [3.63, 3.8) is 0 Å². The van der Waals surface area contributed by atoms with E-state index in [9.17, 15) is 13.2 Å². The van der Waals surface area contributed by atoms with Crippen molar-refractivity contribution in [3.05, 3.63) is 11.8 Å². The van der Waals surface area contributed by atoms with E-state index in [4.69, 9.17) is 4.18 Å². The minimum absolute atomic E-state index is 0.124. The van der Waals surface area contributed by atoms with Crippen molar-refractivity contribution in [2.45, 2.75) is 45.4 Å². The molecular formula is C14H25N3O4S. The molecule has 0 unspecified atom stereocenters. The molecule has 126 valence electrons. The van der Waals surface area contributed by atoms with Crippen LogP contribution in [-0.4, -0.2) is 36.9 Å². The summed E-state index contributed by atoms with van der Waals surface area (Å²) in [5.74, 6) is -0.564. The van der Waals surface area contributed by atoms with Gasteiger partial charge in [0.05, 0.1) is 6.26 Å². The lowest BCUT2D eigenvalue weighted by Crippen LogP contribution is -2.25. The normalized spacial score (nSPS) is 11.4. The van der Waals surface area contributed by atoms with Crippen molar-refractivity contribution in [1.82, 2.24) is 15.1 Å². The van der Waals surface area contributed by atoms with Gasteiger partial charge in [-0.2, -0.15) is 8.42 Å². The second kappa shape index (κ2) is 8.77. The molecule has 0 aromatic carbocycles. The number of amides is 1. The number of aryl methyl sites for hydroxylation is 1. The van der Waals surface area contributed by atoms with Gasteiger partial charge in [0.2, 0.25) is 0 Å². The third-order valence-electron chi connectivity index (χ3n) is 3.09. The molecule has 0 aliphatic heterocycles. The number of aromatic nitrogens is 2. The largest absolute Gasteiger partial charge is 0.359 e. The molecule has 1 heterocycles. The number of carbonyl (C=O) groups is 1. The van der Waals surface area contributed by atoms with Gasteiger partial charge in [0.15, 0.2) is 0 Å². The molecule has 0 bridgehead atoms. The number of nitrogens with one attached hydrogen (secondary N) is 1. The van der Waals surface area contributed by atoms with Crippen molar-refractivity contribution in [2.24, 2.45) is 7.05 Å². The Kier molecular flexibility index (Phi) is 7.37. The molecule has 0 radical (unpaired) electrons. The lowest BCUT2D eigenvalue weighted by molar-refractivity contribution is 0.0951. The zero-order chi connectivity index (χ0) is 16.6. The number of rotatable bonds is 10. The van der Waals surface area contributed by atoms with Crippen LogP contribution in [0.1, 0.15) is 55.8 Å². The topological polar surface area (TPSA) is 90.3 Å². The molecule has 0 saturated carbocycles. The van der Waals surface area contributed by atoms with Crippen LogP contribution >= 0.6 is 0 Å². The molecule has 1 amide bonds. The number of carbonyl (C=O) groups excluding carboxylic acids is 1. The second-order valence-electron chi connectivity index (χ2n) is 5.33. The Morgan fingerprint density at radius 2 is 1.91 bits per heavy atom. The Labute approximate surface area is 132 Å². The first kappa shape index (κ1) is 18.5. The average Bonchev–Trinajstić information content (AvgIpc) is 2.76. The van der Waals surface area contributed by atoms with Gasteiger partial charge in [-0.25, -0.2) is 0 Å². The molecular weight excluding hydrogens is 306 g/mol. The molecule has 0 aliphatic carbocycles. The van der Waals surface area contributed by atoms with Gasteiger partial charge in [-0.3, -0.25) is 9.48 Å². The first-order valence-electron chi connectivity index (χ1n) is 7.54. The molecule has 7 nitrogen and oxygen atoms in total. The van der Waals surface area contributed by atoms with Crippen LogP contribution in [0.25, 0.3) is 0 Å². The van der Waals surface area contributed by atoms with Gasteiger partial charge in [-0.1, -0.05) is 39.0 Å². The van der Waals surface area contributed by atoms with Gasteiger partial charge in [0.25, 0.3) is 11.8 Å². The highest BCUT2D eigenvalue weighted by Gasteiger charge is 2.19. The van der Waals surface area contributed by atoms with Crippen molar-refractivity contribution in [1.29, 1.82) is 0 Å². The lowest BCUT2D eigenvalue weighted by atomic mass is 10.1. The van der Waals surface area contributed by atoms with Gasteiger partial charge < -0.3 is 9.50 Å². The standard InChI is InChI=1S/C14H25N3O4S/c1-4-5-6-7-8-9-10-15-13(18)12-11-17(2)16-14(12)21-22(3,19)20/h11H,4-10H2,1-3H3,(H,15,18).